The standard InChI is InChI=1S/C16H20N2O2S/c1-10-7-5-6-8-14(10)18-21(19,20)16-12(3)9-11(2)15(17)13(16)4/h5-9,18H,17H2,1-4H3. The van der Waals surface area contributed by atoms with Crippen LogP contribution >= 0.6 is 0 Å². The summed E-state index contributed by atoms with van der Waals surface area (Å²) in [5.41, 5.74) is 10.1. The van der Waals surface area contributed by atoms with Gasteiger partial charge < -0.3 is 5.73 Å². The van der Waals surface area contributed by atoms with Crippen molar-refractivity contribution in [3.63, 3.8) is 0 Å². The molecule has 0 aromatic heterocycles. The minimum absolute atomic E-state index is 0.258. The minimum atomic E-state index is -3.67. The number of nitrogens with two attached hydrogens (primary N) is 1. The van der Waals surface area contributed by atoms with Gasteiger partial charge in [0.2, 0.25) is 0 Å². The normalized spacial score (nSPS) is 11.4. The molecule has 0 unspecified atom stereocenters. The second-order valence-electron chi connectivity index (χ2n) is 5.30. The first kappa shape index (κ1) is 15.4. The maximum Gasteiger partial charge on any atom is 0.262 e. The van der Waals surface area contributed by atoms with Gasteiger partial charge in [-0.25, -0.2) is 8.42 Å². The van der Waals surface area contributed by atoms with Crippen molar-refractivity contribution in [3.8, 4) is 0 Å². The molecule has 0 aliphatic rings. The van der Waals surface area contributed by atoms with Crippen LogP contribution in [-0.2, 0) is 10.0 Å². The first-order valence-corrected chi connectivity index (χ1v) is 8.17. The van der Waals surface area contributed by atoms with E-state index in [1.807, 2.05) is 26.0 Å². The molecule has 5 heteroatoms. The van der Waals surface area contributed by atoms with Gasteiger partial charge in [-0.1, -0.05) is 24.3 Å². The molecule has 0 aliphatic heterocycles. The Bertz CT molecular complexity index is 796. The van der Waals surface area contributed by atoms with E-state index in [9.17, 15) is 8.42 Å². The highest BCUT2D eigenvalue weighted by Crippen LogP contribution is 2.29. The molecule has 112 valence electrons. The smallest absolute Gasteiger partial charge is 0.262 e. The summed E-state index contributed by atoms with van der Waals surface area (Å²) < 4.78 is 28.0. The fourth-order valence-corrected chi connectivity index (χ4v) is 4.10. The topological polar surface area (TPSA) is 72.2 Å². The number of sulfonamides is 1. The number of rotatable bonds is 3. The number of para-hydroxylation sites is 1. The lowest BCUT2D eigenvalue weighted by Crippen LogP contribution is -2.17. The number of hydrogen-bond donors (Lipinski definition) is 2. The van der Waals surface area contributed by atoms with Crippen LogP contribution in [0.3, 0.4) is 0 Å². The second-order valence-corrected chi connectivity index (χ2v) is 6.92. The number of benzene rings is 2. The molecule has 0 fully saturated rings. The molecule has 4 nitrogen and oxygen atoms in total. The zero-order valence-electron chi connectivity index (χ0n) is 12.7. The molecule has 0 saturated heterocycles. The van der Waals surface area contributed by atoms with Crippen molar-refractivity contribution in [3.05, 3.63) is 52.6 Å². The Kier molecular flexibility index (Phi) is 3.96. The quantitative estimate of drug-likeness (QED) is 0.855. The van der Waals surface area contributed by atoms with Crippen LogP contribution in [-0.4, -0.2) is 8.42 Å². The molecule has 0 radical (unpaired) electrons. The van der Waals surface area contributed by atoms with E-state index in [0.717, 1.165) is 11.1 Å². The van der Waals surface area contributed by atoms with Crippen molar-refractivity contribution < 1.29 is 8.42 Å². The summed E-state index contributed by atoms with van der Waals surface area (Å²) in [4.78, 5) is 0.258. The number of nitrogen functional groups attached to an aromatic ring is 1. The van der Waals surface area contributed by atoms with Crippen molar-refractivity contribution in [2.45, 2.75) is 32.6 Å². The molecule has 2 rings (SSSR count). The molecule has 0 bridgehead atoms. The van der Waals surface area contributed by atoms with E-state index in [0.29, 0.717) is 22.5 Å². The van der Waals surface area contributed by atoms with E-state index < -0.39 is 10.0 Å². The van der Waals surface area contributed by atoms with Crippen LogP contribution in [0, 0.1) is 27.7 Å². The lowest BCUT2D eigenvalue weighted by Gasteiger charge is -2.17. The van der Waals surface area contributed by atoms with Crippen LogP contribution in [0.4, 0.5) is 11.4 Å². The fourth-order valence-electron chi connectivity index (χ4n) is 2.48. The number of hydrogen-bond acceptors (Lipinski definition) is 3. The van der Waals surface area contributed by atoms with E-state index >= 15 is 0 Å². The predicted octanol–water partition coefficient (Wildman–Crippen LogP) is 3.30. The Labute approximate surface area is 126 Å². The first-order valence-electron chi connectivity index (χ1n) is 6.68. The fraction of sp³-hybridized carbons (Fsp3) is 0.250. The maximum atomic E-state index is 12.7. The van der Waals surface area contributed by atoms with Gasteiger partial charge in [0, 0.05) is 5.69 Å². The van der Waals surface area contributed by atoms with Gasteiger partial charge in [-0.3, -0.25) is 4.72 Å². The Balaban J connectivity index is 2.56. The molecule has 0 aliphatic carbocycles. The highest BCUT2D eigenvalue weighted by Gasteiger charge is 2.22. The Morgan fingerprint density at radius 3 is 2.19 bits per heavy atom. The molecule has 3 N–H and O–H groups in total. The molecule has 2 aromatic rings. The van der Waals surface area contributed by atoms with Crippen molar-refractivity contribution >= 4 is 21.4 Å². The van der Waals surface area contributed by atoms with Gasteiger partial charge in [0.1, 0.15) is 0 Å². The van der Waals surface area contributed by atoms with E-state index in [1.54, 1.807) is 32.0 Å². The van der Waals surface area contributed by atoms with Gasteiger partial charge in [0.25, 0.3) is 10.0 Å². The minimum Gasteiger partial charge on any atom is -0.398 e. The molecule has 2 aromatic carbocycles. The second kappa shape index (κ2) is 5.41. The van der Waals surface area contributed by atoms with Crippen LogP contribution in [0.2, 0.25) is 0 Å². The van der Waals surface area contributed by atoms with Crippen LogP contribution in [0.1, 0.15) is 22.3 Å². The summed E-state index contributed by atoms with van der Waals surface area (Å²) in [6.45, 7) is 7.26. The van der Waals surface area contributed by atoms with Crippen molar-refractivity contribution in [2.24, 2.45) is 0 Å². The third kappa shape index (κ3) is 2.88. The lowest BCUT2D eigenvalue weighted by atomic mass is 10.1. The summed E-state index contributed by atoms with van der Waals surface area (Å²) >= 11 is 0. The van der Waals surface area contributed by atoms with Gasteiger partial charge in [-0.05, 0) is 56.0 Å². The largest absolute Gasteiger partial charge is 0.398 e. The van der Waals surface area contributed by atoms with Crippen molar-refractivity contribution in [2.75, 3.05) is 10.5 Å². The monoisotopic (exact) mass is 304 g/mol. The van der Waals surface area contributed by atoms with Gasteiger partial charge in [0.15, 0.2) is 0 Å². The molecule has 0 saturated carbocycles. The van der Waals surface area contributed by atoms with E-state index in [-0.39, 0.29) is 4.90 Å². The van der Waals surface area contributed by atoms with Gasteiger partial charge >= 0.3 is 0 Å². The van der Waals surface area contributed by atoms with Gasteiger partial charge in [0.05, 0.1) is 10.6 Å². The van der Waals surface area contributed by atoms with Crippen LogP contribution in [0.15, 0.2) is 35.2 Å². The van der Waals surface area contributed by atoms with E-state index in [1.165, 1.54) is 0 Å². The third-order valence-electron chi connectivity index (χ3n) is 3.62. The Morgan fingerprint density at radius 2 is 1.57 bits per heavy atom. The number of aryl methyl sites for hydroxylation is 3. The lowest BCUT2D eigenvalue weighted by molar-refractivity contribution is 0.600. The molecule has 0 amide bonds. The van der Waals surface area contributed by atoms with Crippen molar-refractivity contribution in [1.82, 2.24) is 0 Å². The molecule has 0 spiro atoms. The zero-order chi connectivity index (χ0) is 15.8. The van der Waals surface area contributed by atoms with Gasteiger partial charge in [-0.2, -0.15) is 0 Å². The van der Waals surface area contributed by atoms with Gasteiger partial charge in [-0.15, -0.1) is 0 Å². The average Bonchev–Trinajstić information content (AvgIpc) is 2.38. The zero-order valence-corrected chi connectivity index (χ0v) is 13.5. The summed E-state index contributed by atoms with van der Waals surface area (Å²) in [5.74, 6) is 0. The predicted molar refractivity (Wildman–Crippen MR) is 87.1 cm³/mol. The number of anilines is 2. The van der Waals surface area contributed by atoms with Crippen molar-refractivity contribution in [1.29, 1.82) is 0 Å². The molecular formula is C16H20N2O2S. The first-order chi connectivity index (χ1) is 9.74. The van der Waals surface area contributed by atoms with E-state index in [4.69, 9.17) is 5.73 Å². The van der Waals surface area contributed by atoms with Crippen LogP contribution in [0.25, 0.3) is 0 Å². The summed E-state index contributed by atoms with van der Waals surface area (Å²) in [6, 6.07) is 9.08. The third-order valence-corrected chi connectivity index (χ3v) is 5.27. The molecule has 0 atom stereocenters. The number of nitrogens with one attached hydrogen (secondary N) is 1. The van der Waals surface area contributed by atoms with E-state index in [2.05, 4.69) is 4.72 Å². The SMILES string of the molecule is Cc1ccccc1NS(=O)(=O)c1c(C)cc(C)c(N)c1C. The Hall–Kier alpha value is -2.01. The highest BCUT2D eigenvalue weighted by atomic mass is 32.2. The van der Waals surface area contributed by atoms with Crippen LogP contribution in [0.5, 0.6) is 0 Å². The summed E-state index contributed by atoms with van der Waals surface area (Å²) in [5, 5.41) is 0. The summed E-state index contributed by atoms with van der Waals surface area (Å²) in [6.07, 6.45) is 0. The summed E-state index contributed by atoms with van der Waals surface area (Å²) in [7, 11) is -3.67. The molecular weight excluding hydrogens is 284 g/mol. The maximum absolute atomic E-state index is 12.7. The molecule has 0 heterocycles. The average molecular weight is 304 g/mol. The highest BCUT2D eigenvalue weighted by molar-refractivity contribution is 7.92. The Morgan fingerprint density at radius 1 is 0.952 bits per heavy atom. The molecule has 21 heavy (non-hydrogen) atoms. The van der Waals surface area contributed by atoms with Crippen LogP contribution < -0.4 is 10.5 Å².